The van der Waals surface area contributed by atoms with Gasteiger partial charge in [-0.05, 0) is 24.6 Å². The second kappa shape index (κ2) is 5.35. The molecule has 2 aromatic rings. The van der Waals surface area contributed by atoms with E-state index < -0.39 is 10.0 Å². The van der Waals surface area contributed by atoms with Gasteiger partial charge in [0.15, 0.2) is 0 Å². The van der Waals surface area contributed by atoms with E-state index in [0.717, 1.165) is 11.8 Å². The van der Waals surface area contributed by atoms with E-state index in [1.54, 1.807) is 0 Å². The summed E-state index contributed by atoms with van der Waals surface area (Å²) in [6.45, 7) is 0.409. The molecule has 2 N–H and O–H groups in total. The lowest BCUT2D eigenvalue weighted by Crippen LogP contribution is -2.25. The van der Waals surface area contributed by atoms with E-state index >= 15 is 0 Å². The number of sulfonamides is 1. The van der Waals surface area contributed by atoms with Gasteiger partial charge in [-0.25, -0.2) is 18.2 Å². The first-order valence-electron chi connectivity index (χ1n) is 5.40. The van der Waals surface area contributed by atoms with Gasteiger partial charge >= 0.3 is 0 Å². The monoisotopic (exact) mass is 346 g/mol. The SMILES string of the molecule is NS(=O)(=O)c1ccc2nnn(CCCBr)c(=O)c2c1. The van der Waals surface area contributed by atoms with Crippen molar-refractivity contribution in [2.24, 2.45) is 5.14 Å². The van der Waals surface area contributed by atoms with Crippen LogP contribution in [0.15, 0.2) is 27.9 Å². The van der Waals surface area contributed by atoms with Crippen LogP contribution in [-0.4, -0.2) is 28.7 Å². The average molecular weight is 347 g/mol. The Labute approximate surface area is 117 Å². The van der Waals surface area contributed by atoms with Crippen molar-refractivity contribution in [1.29, 1.82) is 0 Å². The summed E-state index contributed by atoms with van der Waals surface area (Å²) in [5.41, 5.74) is -0.0380. The van der Waals surface area contributed by atoms with E-state index in [2.05, 4.69) is 26.2 Å². The number of hydrogen-bond donors (Lipinski definition) is 1. The third kappa shape index (κ3) is 2.99. The van der Waals surface area contributed by atoms with E-state index in [0.29, 0.717) is 12.1 Å². The topological polar surface area (TPSA) is 108 Å². The van der Waals surface area contributed by atoms with Crippen LogP contribution in [0.3, 0.4) is 0 Å². The molecule has 0 bridgehead atoms. The van der Waals surface area contributed by atoms with Crippen molar-refractivity contribution in [3.8, 4) is 0 Å². The summed E-state index contributed by atoms with van der Waals surface area (Å²) in [5, 5.41) is 13.6. The third-order valence-electron chi connectivity index (χ3n) is 2.53. The minimum Gasteiger partial charge on any atom is -0.267 e. The van der Waals surface area contributed by atoms with E-state index in [1.807, 2.05) is 0 Å². The zero-order chi connectivity index (χ0) is 14.0. The maximum Gasteiger partial charge on any atom is 0.277 e. The van der Waals surface area contributed by atoms with Gasteiger partial charge in [-0.15, -0.1) is 5.10 Å². The molecule has 0 saturated heterocycles. The molecule has 0 aliphatic heterocycles. The van der Waals surface area contributed by atoms with Gasteiger partial charge in [0.05, 0.1) is 10.3 Å². The molecule has 2 rings (SSSR count). The number of primary sulfonamides is 1. The number of aryl methyl sites for hydroxylation is 1. The molecule has 0 atom stereocenters. The van der Waals surface area contributed by atoms with Crippen LogP contribution in [-0.2, 0) is 16.6 Å². The Morgan fingerprint density at radius 1 is 1.37 bits per heavy atom. The molecule has 0 saturated carbocycles. The lowest BCUT2D eigenvalue weighted by molar-refractivity contribution is 0.544. The van der Waals surface area contributed by atoms with Gasteiger partial charge in [-0.2, -0.15) is 0 Å². The Morgan fingerprint density at radius 3 is 2.74 bits per heavy atom. The van der Waals surface area contributed by atoms with Crippen molar-refractivity contribution in [3.63, 3.8) is 0 Å². The molecule has 0 amide bonds. The summed E-state index contributed by atoms with van der Waals surface area (Å²) < 4.78 is 23.7. The summed E-state index contributed by atoms with van der Waals surface area (Å²) in [6.07, 6.45) is 0.717. The van der Waals surface area contributed by atoms with Crippen molar-refractivity contribution in [2.45, 2.75) is 17.9 Å². The molecule has 0 radical (unpaired) electrons. The number of nitrogens with two attached hydrogens (primary N) is 1. The highest BCUT2D eigenvalue weighted by molar-refractivity contribution is 9.09. The molecule has 0 aliphatic carbocycles. The molecule has 0 spiro atoms. The smallest absolute Gasteiger partial charge is 0.267 e. The fourth-order valence-electron chi connectivity index (χ4n) is 1.59. The largest absolute Gasteiger partial charge is 0.277 e. The van der Waals surface area contributed by atoms with Crippen LogP contribution in [0.4, 0.5) is 0 Å². The van der Waals surface area contributed by atoms with Crippen molar-refractivity contribution in [2.75, 3.05) is 5.33 Å². The molecule has 1 aromatic carbocycles. The first kappa shape index (κ1) is 14.1. The number of rotatable bonds is 4. The Morgan fingerprint density at radius 2 is 2.11 bits per heavy atom. The van der Waals surface area contributed by atoms with E-state index in [9.17, 15) is 13.2 Å². The number of halogens is 1. The van der Waals surface area contributed by atoms with Crippen LogP contribution in [0, 0.1) is 0 Å². The van der Waals surface area contributed by atoms with Gasteiger partial charge in [0.2, 0.25) is 10.0 Å². The molecule has 102 valence electrons. The number of aromatic nitrogens is 3. The lowest BCUT2D eigenvalue weighted by Gasteiger charge is -2.04. The van der Waals surface area contributed by atoms with Crippen molar-refractivity contribution in [3.05, 3.63) is 28.6 Å². The predicted molar refractivity (Wildman–Crippen MR) is 73.6 cm³/mol. The highest BCUT2D eigenvalue weighted by Crippen LogP contribution is 2.12. The number of nitrogens with zero attached hydrogens (tertiary/aromatic N) is 3. The molecular weight excluding hydrogens is 336 g/mol. The van der Waals surface area contributed by atoms with E-state index in [4.69, 9.17) is 5.14 Å². The summed E-state index contributed by atoms with van der Waals surface area (Å²) in [4.78, 5) is 12.0. The van der Waals surface area contributed by atoms with Crippen molar-refractivity contribution in [1.82, 2.24) is 15.0 Å². The van der Waals surface area contributed by atoms with E-state index in [1.165, 1.54) is 22.9 Å². The molecular formula is C10H11BrN4O3S. The van der Waals surface area contributed by atoms with E-state index in [-0.39, 0.29) is 15.8 Å². The molecule has 9 heteroatoms. The van der Waals surface area contributed by atoms with Gasteiger partial charge in [0.1, 0.15) is 5.52 Å². The number of alkyl halides is 1. The Bertz CT molecular complexity index is 772. The molecule has 0 aliphatic rings. The maximum absolute atomic E-state index is 12.1. The highest BCUT2D eigenvalue weighted by Gasteiger charge is 2.12. The summed E-state index contributed by atoms with van der Waals surface area (Å²) >= 11 is 3.26. The fourth-order valence-corrected chi connectivity index (χ4v) is 2.38. The summed E-state index contributed by atoms with van der Waals surface area (Å²) in [7, 11) is -3.84. The Kier molecular flexibility index (Phi) is 3.97. The summed E-state index contributed by atoms with van der Waals surface area (Å²) in [6, 6.07) is 3.94. The quantitative estimate of drug-likeness (QED) is 0.796. The highest BCUT2D eigenvalue weighted by atomic mass is 79.9. The molecule has 19 heavy (non-hydrogen) atoms. The van der Waals surface area contributed by atoms with Gasteiger partial charge in [-0.3, -0.25) is 4.79 Å². The van der Waals surface area contributed by atoms with Crippen LogP contribution in [0.25, 0.3) is 10.9 Å². The van der Waals surface area contributed by atoms with Crippen molar-refractivity contribution >= 4 is 36.9 Å². The average Bonchev–Trinajstić information content (AvgIpc) is 2.37. The Hall–Kier alpha value is -1.32. The van der Waals surface area contributed by atoms with Gasteiger partial charge in [-0.1, -0.05) is 21.1 Å². The molecule has 1 heterocycles. The van der Waals surface area contributed by atoms with Crippen LogP contribution in [0.1, 0.15) is 6.42 Å². The lowest BCUT2D eigenvalue weighted by atomic mass is 10.2. The minimum absolute atomic E-state index is 0.114. The molecule has 1 aromatic heterocycles. The molecule has 0 unspecified atom stereocenters. The van der Waals surface area contributed by atoms with Gasteiger partial charge < -0.3 is 0 Å². The minimum atomic E-state index is -3.84. The summed E-state index contributed by atoms with van der Waals surface area (Å²) in [5.74, 6) is 0. The zero-order valence-electron chi connectivity index (χ0n) is 9.78. The number of hydrogen-bond acceptors (Lipinski definition) is 5. The first-order valence-corrected chi connectivity index (χ1v) is 8.06. The fraction of sp³-hybridized carbons (Fsp3) is 0.300. The first-order chi connectivity index (χ1) is 8.93. The Balaban J connectivity index is 2.63. The van der Waals surface area contributed by atoms with Crippen molar-refractivity contribution < 1.29 is 8.42 Å². The van der Waals surface area contributed by atoms with Gasteiger partial charge in [0, 0.05) is 11.9 Å². The molecule has 7 nitrogen and oxygen atoms in total. The zero-order valence-corrected chi connectivity index (χ0v) is 12.2. The second-order valence-corrected chi connectivity index (χ2v) is 6.24. The normalized spacial score (nSPS) is 11.9. The van der Waals surface area contributed by atoms with Crippen LogP contribution >= 0.6 is 15.9 Å². The van der Waals surface area contributed by atoms with Crippen LogP contribution in [0.2, 0.25) is 0 Å². The number of fused-ring (bicyclic) bond motifs is 1. The third-order valence-corrected chi connectivity index (χ3v) is 4.00. The maximum atomic E-state index is 12.1. The number of benzene rings is 1. The van der Waals surface area contributed by atoms with Crippen LogP contribution in [0.5, 0.6) is 0 Å². The van der Waals surface area contributed by atoms with Crippen LogP contribution < -0.4 is 10.7 Å². The molecule has 0 fully saturated rings. The second-order valence-electron chi connectivity index (χ2n) is 3.88. The standard InChI is InChI=1S/C10H11BrN4O3S/c11-4-1-5-15-10(16)8-6-7(19(12,17)18)2-3-9(8)13-14-15/h2-3,6H,1,4-5H2,(H2,12,17,18). The van der Waals surface area contributed by atoms with Gasteiger partial charge in [0.25, 0.3) is 5.56 Å². The predicted octanol–water partition coefficient (Wildman–Crippen LogP) is 0.224.